The van der Waals surface area contributed by atoms with Crippen molar-refractivity contribution in [3.05, 3.63) is 113 Å². The normalized spacial score (nSPS) is 19.9. The molecule has 1 heteroatoms. The van der Waals surface area contributed by atoms with Crippen molar-refractivity contribution in [1.82, 2.24) is 0 Å². The van der Waals surface area contributed by atoms with E-state index in [0.717, 1.165) is 23.1 Å². The van der Waals surface area contributed by atoms with E-state index in [1.807, 2.05) is 42.5 Å². The summed E-state index contributed by atoms with van der Waals surface area (Å²) in [6.07, 6.45) is 2.73. The van der Waals surface area contributed by atoms with Gasteiger partial charge in [-0.15, -0.1) is 0 Å². The zero-order valence-electron chi connectivity index (χ0n) is 14.9. The Morgan fingerprint density at radius 2 is 1.35 bits per heavy atom. The van der Waals surface area contributed by atoms with Gasteiger partial charge in [-0.1, -0.05) is 90.5 Å². The minimum absolute atomic E-state index is 0.119. The van der Waals surface area contributed by atoms with Gasteiger partial charge in [-0.2, -0.15) is 0 Å². The van der Waals surface area contributed by atoms with Crippen molar-refractivity contribution < 1.29 is 4.79 Å². The number of allylic oxidation sites excluding steroid dienone is 2. The molecule has 0 aliphatic heterocycles. The van der Waals surface area contributed by atoms with Crippen LogP contribution in [-0.4, -0.2) is 5.78 Å². The Labute approximate surface area is 155 Å². The van der Waals surface area contributed by atoms with Crippen LogP contribution in [0.1, 0.15) is 40.5 Å². The second-order valence-corrected chi connectivity index (χ2v) is 7.05. The molecular weight excluding hydrogens is 316 g/mol. The van der Waals surface area contributed by atoms with E-state index in [1.54, 1.807) is 0 Å². The molecule has 3 aromatic rings. The highest BCUT2D eigenvalue weighted by Gasteiger charge is 2.34. The fourth-order valence-corrected chi connectivity index (χ4v) is 3.91. The molecule has 1 aliphatic carbocycles. The molecule has 0 aromatic heterocycles. The molecule has 0 amide bonds. The highest BCUT2D eigenvalue weighted by Crippen LogP contribution is 2.44. The molecule has 2 unspecified atom stereocenters. The van der Waals surface area contributed by atoms with E-state index in [0.29, 0.717) is 0 Å². The molecule has 3 aromatic carbocycles. The largest absolute Gasteiger partial charge is 0.294 e. The fourth-order valence-electron chi connectivity index (χ4n) is 3.91. The third-order valence-corrected chi connectivity index (χ3v) is 5.27. The summed E-state index contributed by atoms with van der Waals surface area (Å²) in [6.45, 7) is 2.10. The molecule has 26 heavy (non-hydrogen) atoms. The predicted molar refractivity (Wildman–Crippen MR) is 107 cm³/mol. The molecule has 128 valence electrons. The van der Waals surface area contributed by atoms with Gasteiger partial charge in [0.25, 0.3) is 0 Å². The number of carbonyl (C=O) groups excluding carboxylic acids is 1. The number of aryl methyl sites for hydroxylation is 1. The Bertz CT molecular complexity index is 921. The molecule has 0 radical (unpaired) electrons. The lowest BCUT2D eigenvalue weighted by atomic mass is 9.71. The Hall–Kier alpha value is -2.93. The molecule has 0 saturated heterocycles. The molecular formula is C25H22O. The van der Waals surface area contributed by atoms with Crippen LogP contribution in [0.5, 0.6) is 0 Å². The second kappa shape index (κ2) is 7.13. The standard InChI is InChI=1S/C25H22O/c1-18-12-14-20(15-13-18)23-16-22(19-8-4-2-5-9-19)17-24(26)25(23)21-10-6-3-7-11-21/h2-15,17,23,25H,16H2,1H3. The van der Waals surface area contributed by atoms with Crippen LogP contribution in [0.15, 0.2) is 91.0 Å². The Morgan fingerprint density at radius 3 is 2.00 bits per heavy atom. The number of rotatable bonds is 3. The van der Waals surface area contributed by atoms with Crippen LogP contribution in [-0.2, 0) is 4.79 Å². The minimum atomic E-state index is -0.119. The summed E-state index contributed by atoms with van der Waals surface area (Å²) < 4.78 is 0. The lowest BCUT2D eigenvalue weighted by Crippen LogP contribution is -2.24. The molecule has 2 atom stereocenters. The molecule has 0 heterocycles. The first kappa shape index (κ1) is 16.5. The average Bonchev–Trinajstić information content (AvgIpc) is 2.69. The molecule has 0 N–H and O–H groups in total. The summed E-state index contributed by atoms with van der Waals surface area (Å²) in [4.78, 5) is 13.2. The highest BCUT2D eigenvalue weighted by atomic mass is 16.1. The molecule has 0 fully saturated rings. The first-order chi connectivity index (χ1) is 12.7. The second-order valence-electron chi connectivity index (χ2n) is 7.05. The molecule has 1 aliphatic rings. The Kier molecular flexibility index (Phi) is 4.53. The van der Waals surface area contributed by atoms with Gasteiger partial charge in [0.15, 0.2) is 5.78 Å². The van der Waals surface area contributed by atoms with Crippen LogP contribution in [0, 0.1) is 6.92 Å². The van der Waals surface area contributed by atoms with Crippen molar-refractivity contribution >= 4 is 11.4 Å². The Balaban J connectivity index is 1.80. The lowest BCUT2D eigenvalue weighted by molar-refractivity contribution is -0.116. The van der Waals surface area contributed by atoms with Crippen LogP contribution in [0.25, 0.3) is 5.57 Å². The maximum absolute atomic E-state index is 13.2. The van der Waals surface area contributed by atoms with E-state index >= 15 is 0 Å². The van der Waals surface area contributed by atoms with Gasteiger partial charge in [0.1, 0.15) is 0 Å². The smallest absolute Gasteiger partial charge is 0.164 e. The van der Waals surface area contributed by atoms with Crippen molar-refractivity contribution in [2.45, 2.75) is 25.2 Å². The summed E-state index contributed by atoms with van der Waals surface area (Å²) in [5.41, 5.74) is 5.86. The fraction of sp³-hybridized carbons (Fsp3) is 0.160. The summed E-state index contributed by atoms with van der Waals surface area (Å²) in [5, 5.41) is 0. The van der Waals surface area contributed by atoms with Crippen molar-refractivity contribution in [2.75, 3.05) is 0 Å². The minimum Gasteiger partial charge on any atom is -0.294 e. The van der Waals surface area contributed by atoms with Crippen LogP contribution >= 0.6 is 0 Å². The van der Waals surface area contributed by atoms with E-state index in [4.69, 9.17) is 0 Å². The summed E-state index contributed by atoms with van der Waals surface area (Å²) in [5.74, 6) is 0.240. The number of carbonyl (C=O) groups is 1. The number of ketones is 1. The van der Waals surface area contributed by atoms with Crippen molar-refractivity contribution in [3.63, 3.8) is 0 Å². The van der Waals surface area contributed by atoms with Gasteiger partial charge < -0.3 is 0 Å². The van der Waals surface area contributed by atoms with Gasteiger partial charge in [-0.05, 0) is 41.7 Å². The van der Waals surface area contributed by atoms with E-state index in [-0.39, 0.29) is 17.6 Å². The molecule has 4 rings (SSSR count). The highest BCUT2D eigenvalue weighted by molar-refractivity contribution is 6.03. The zero-order valence-corrected chi connectivity index (χ0v) is 14.9. The third-order valence-electron chi connectivity index (χ3n) is 5.27. The molecule has 0 bridgehead atoms. The molecule has 0 spiro atoms. The van der Waals surface area contributed by atoms with E-state index in [9.17, 15) is 4.79 Å². The van der Waals surface area contributed by atoms with E-state index < -0.39 is 0 Å². The summed E-state index contributed by atoms with van der Waals surface area (Å²) in [7, 11) is 0. The Morgan fingerprint density at radius 1 is 0.731 bits per heavy atom. The summed E-state index contributed by atoms with van der Waals surface area (Å²) in [6, 6.07) is 29.1. The monoisotopic (exact) mass is 338 g/mol. The van der Waals surface area contributed by atoms with E-state index in [2.05, 4.69) is 55.5 Å². The number of benzene rings is 3. The molecule has 0 saturated carbocycles. The van der Waals surface area contributed by atoms with Crippen LogP contribution in [0.2, 0.25) is 0 Å². The third kappa shape index (κ3) is 3.25. The van der Waals surface area contributed by atoms with Crippen molar-refractivity contribution in [3.8, 4) is 0 Å². The predicted octanol–water partition coefficient (Wildman–Crippen LogP) is 5.92. The quantitative estimate of drug-likeness (QED) is 0.579. The zero-order chi connectivity index (χ0) is 17.9. The topological polar surface area (TPSA) is 17.1 Å². The van der Waals surface area contributed by atoms with Gasteiger partial charge in [-0.3, -0.25) is 4.79 Å². The first-order valence-corrected chi connectivity index (χ1v) is 9.14. The SMILES string of the molecule is Cc1ccc(C2CC(c3ccccc3)=CC(=O)C2c2ccccc2)cc1. The maximum atomic E-state index is 13.2. The van der Waals surface area contributed by atoms with Gasteiger partial charge in [0.2, 0.25) is 0 Å². The summed E-state index contributed by atoms with van der Waals surface area (Å²) >= 11 is 0. The molecule has 1 nitrogen and oxygen atoms in total. The van der Waals surface area contributed by atoms with E-state index in [1.165, 1.54) is 11.1 Å². The van der Waals surface area contributed by atoms with Crippen molar-refractivity contribution in [1.29, 1.82) is 0 Å². The van der Waals surface area contributed by atoms with Crippen LogP contribution < -0.4 is 0 Å². The van der Waals surface area contributed by atoms with Crippen molar-refractivity contribution in [2.24, 2.45) is 0 Å². The van der Waals surface area contributed by atoms with Gasteiger partial charge in [-0.25, -0.2) is 0 Å². The lowest BCUT2D eigenvalue weighted by Gasteiger charge is -2.31. The van der Waals surface area contributed by atoms with Gasteiger partial charge >= 0.3 is 0 Å². The first-order valence-electron chi connectivity index (χ1n) is 9.14. The number of hydrogen-bond donors (Lipinski definition) is 0. The maximum Gasteiger partial charge on any atom is 0.164 e. The van der Waals surface area contributed by atoms with Crippen LogP contribution in [0.3, 0.4) is 0 Å². The van der Waals surface area contributed by atoms with Crippen LogP contribution in [0.4, 0.5) is 0 Å². The van der Waals surface area contributed by atoms with Gasteiger partial charge in [0.05, 0.1) is 5.92 Å². The average molecular weight is 338 g/mol. The van der Waals surface area contributed by atoms with Gasteiger partial charge in [0, 0.05) is 5.92 Å². The number of hydrogen-bond acceptors (Lipinski definition) is 1.